The van der Waals surface area contributed by atoms with Gasteiger partial charge in [0.25, 0.3) is 0 Å². The lowest BCUT2D eigenvalue weighted by Gasteiger charge is -2.18. The van der Waals surface area contributed by atoms with Crippen LogP contribution in [0.3, 0.4) is 0 Å². The molecule has 0 aliphatic heterocycles. The zero-order valence-corrected chi connectivity index (χ0v) is 10.7. The molecular weight excluding hydrogens is 267 g/mol. The molecule has 0 radical (unpaired) electrons. The monoisotopic (exact) mass is 278 g/mol. The van der Waals surface area contributed by atoms with E-state index >= 15 is 0 Å². The highest BCUT2D eigenvalue weighted by Gasteiger charge is 2.18. The fourth-order valence-corrected chi connectivity index (χ4v) is 1.93. The van der Waals surface area contributed by atoms with Crippen LogP contribution in [-0.4, -0.2) is 5.91 Å². The molecule has 0 aliphatic carbocycles. The first-order valence-electron chi connectivity index (χ1n) is 5.64. The summed E-state index contributed by atoms with van der Waals surface area (Å²) in [7, 11) is 0. The maximum atomic E-state index is 13.2. The minimum Gasteiger partial charge on any atom is -0.369 e. The Morgan fingerprint density at radius 3 is 2.58 bits per heavy atom. The third-order valence-electron chi connectivity index (χ3n) is 2.64. The summed E-state index contributed by atoms with van der Waals surface area (Å²) in [5, 5.41) is 3.38. The number of carbonyl (C=O) groups is 1. The highest BCUT2D eigenvalue weighted by molar-refractivity contribution is 6.33. The Morgan fingerprint density at radius 2 is 1.95 bits per heavy atom. The van der Waals surface area contributed by atoms with Gasteiger partial charge in [-0.3, -0.25) is 4.79 Å². The lowest BCUT2D eigenvalue weighted by atomic mass is 10.1. The van der Waals surface area contributed by atoms with E-state index in [1.807, 2.05) is 0 Å². The molecule has 0 saturated heterocycles. The van der Waals surface area contributed by atoms with Crippen LogP contribution in [0, 0.1) is 5.82 Å². The fraction of sp³-hybridized carbons (Fsp3) is 0.0714. The van der Waals surface area contributed by atoms with Crippen molar-refractivity contribution in [3.05, 3.63) is 64.9 Å². The average Bonchev–Trinajstić information content (AvgIpc) is 2.37. The SMILES string of the molecule is NC(=O)C(Nc1ccccc1Cl)c1cccc(F)c1. The summed E-state index contributed by atoms with van der Waals surface area (Å²) in [5.74, 6) is -1.03. The molecule has 3 N–H and O–H groups in total. The molecule has 98 valence electrons. The number of anilines is 1. The van der Waals surface area contributed by atoms with Crippen LogP contribution < -0.4 is 11.1 Å². The van der Waals surface area contributed by atoms with E-state index in [-0.39, 0.29) is 0 Å². The van der Waals surface area contributed by atoms with Crippen LogP contribution in [0.15, 0.2) is 48.5 Å². The Labute approximate surface area is 115 Å². The second kappa shape index (κ2) is 5.71. The van der Waals surface area contributed by atoms with Gasteiger partial charge in [0.2, 0.25) is 5.91 Å². The molecule has 0 saturated carbocycles. The summed E-state index contributed by atoms with van der Waals surface area (Å²) in [6, 6.07) is 11.8. The number of primary amides is 1. The van der Waals surface area contributed by atoms with Crippen molar-refractivity contribution in [3.8, 4) is 0 Å². The van der Waals surface area contributed by atoms with Crippen LogP contribution in [0.2, 0.25) is 5.02 Å². The summed E-state index contributed by atoms with van der Waals surface area (Å²) in [6.45, 7) is 0. The molecule has 2 aromatic carbocycles. The molecule has 1 amide bonds. The molecule has 1 atom stereocenters. The van der Waals surface area contributed by atoms with E-state index in [1.54, 1.807) is 30.3 Å². The smallest absolute Gasteiger partial charge is 0.244 e. The number of hydrogen-bond donors (Lipinski definition) is 2. The third kappa shape index (κ3) is 3.23. The Morgan fingerprint density at radius 1 is 1.21 bits per heavy atom. The summed E-state index contributed by atoms with van der Waals surface area (Å²) in [5.41, 5.74) is 6.37. The van der Waals surface area contributed by atoms with Gasteiger partial charge in [0.05, 0.1) is 10.7 Å². The Hall–Kier alpha value is -2.07. The standard InChI is InChI=1S/C14H12ClFN2O/c15-11-6-1-2-7-12(11)18-13(14(17)19)9-4-3-5-10(16)8-9/h1-8,13,18H,(H2,17,19). The van der Waals surface area contributed by atoms with Crippen LogP contribution in [-0.2, 0) is 4.79 Å². The largest absolute Gasteiger partial charge is 0.369 e. The quantitative estimate of drug-likeness (QED) is 0.903. The van der Waals surface area contributed by atoms with E-state index in [0.717, 1.165) is 0 Å². The van der Waals surface area contributed by atoms with Crippen molar-refractivity contribution >= 4 is 23.2 Å². The first kappa shape index (κ1) is 13.4. The van der Waals surface area contributed by atoms with Gasteiger partial charge in [0.1, 0.15) is 11.9 Å². The molecule has 3 nitrogen and oxygen atoms in total. The van der Waals surface area contributed by atoms with E-state index in [1.165, 1.54) is 18.2 Å². The summed E-state index contributed by atoms with van der Waals surface area (Å²) in [4.78, 5) is 11.5. The number of para-hydroxylation sites is 1. The van der Waals surface area contributed by atoms with E-state index in [9.17, 15) is 9.18 Å². The molecule has 19 heavy (non-hydrogen) atoms. The second-order valence-electron chi connectivity index (χ2n) is 4.01. The van der Waals surface area contributed by atoms with E-state index in [2.05, 4.69) is 5.32 Å². The van der Waals surface area contributed by atoms with Crippen molar-refractivity contribution in [1.82, 2.24) is 0 Å². The summed E-state index contributed by atoms with van der Waals surface area (Å²) >= 11 is 6.00. The Bertz CT molecular complexity index is 604. The van der Waals surface area contributed by atoms with Gasteiger partial charge in [-0.05, 0) is 29.8 Å². The van der Waals surface area contributed by atoms with Crippen LogP contribution in [0.4, 0.5) is 10.1 Å². The molecule has 2 aromatic rings. The van der Waals surface area contributed by atoms with E-state index < -0.39 is 17.8 Å². The lowest BCUT2D eigenvalue weighted by molar-refractivity contribution is -0.118. The van der Waals surface area contributed by atoms with Gasteiger partial charge in [-0.25, -0.2) is 4.39 Å². The predicted octanol–water partition coefficient (Wildman–Crippen LogP) is 3.12. The molecule has 1 unspecified atom stereocenters. The predicted molar refractivity (Wildman–Crippen MR) is 73.4 cm³/mol. The van der Waals surface area contributed by atoms with Crippen LogP contribution >= 0.6 is 11.6 Å². The zero-order valence-electron chi connectivity index (χ0n) is 9.94. The zero-order chi connectivity index (χ0) is 13.8. The van der Waals surface area contributed by atoms with Gasteiger partial charge in [0, 0.05) is 0 Å². The maximum absolute atomic E-state index is 13.2. The van der Waals surface area contributed by atoms with Gasteiger partial charge in [-0.1, -0.05) is 35.9 Å². The maximum Gasteiger partial charge on any atom is 0.244 e. The number of halogens is 2. The number of amides is 1. The van der Waals surface area contributed by atoms with Gasteiger partial charge in [-0.15, -0.1) is 0 Å². The highest BCUT2D eigenvalue weighted by Crippen LogP contribution is 2.26. The molecule has 0 bridgehead atoms. The van der Waals surface area contributed by atoms with Crippen molar-refractivity contribution < 1.29 is 9.18 Å². The molecule has 0 aromatic heterocycles. The Balaban J connectivity index is 2.32. The van der Waals surface area contributed by atoms with E-state index in [4.69, 9.17) is 17.3 Å². The first-order chi connectivity index (χ1) is 9.08. The molecule has 5 heteroatoms. The first-order valence-corrected chi connectivity index (χ1v) is 6.01. The molecular formula is C14H12ClFN2O. The van der Waals surface area contributed by atoms with Gasteiger partial charge in [0.15, 0.2) is 0 Å². The lowest BCUT2D eigenvalue weighted by Crippen LogP contribution is -2.27. The number of rotatable bonds is 4. The number of benzene rings is 2. The van der Waals surface area contributed by atoms with Gasteiger partial charge < -0.3 is 11.1 Å². The highest BCUT2D eigenvalue weighted by atomic mass is 35.5. The summed E-state index contributed by atoms with van der Waals surface area (Å²) in [6.07, 6.45) is 0. The number of carbonyl (C=O) groups excluding carboxylic acids is 1. The molecule has 0 fully saturated rings. The molecule has 0 heterocycles. The summed E-state index contributed by atoms with van der Waals surface area (Å²) < 4.78 is 13.2. The number of hydrogen-bond acceptors (Lipinski definition) is 2. The molecule has 0 spiro atoms. The van der Waals surface area contributed by atoms with Crippen LogP contribution in [0.5, 0.6) is 0 Å². The van der Waals surface area contributed by atoms with Crippen molar-refractivity contribution in [2.45, 2.75) is 6.04 Å². The number of nitrogens with one attached hydrogen (secondary N) is 1. The molecule has 2 rings (SSSR count). The average molecular weight is 279 g/mol. The topological polar surface area (TPSA) is 55.1 Å². The number of nitrogens with two attached hydrogens (primary N) is 1. The van der Waals surface area contributed by atoms with Crippen LogP contribution in [0.25, 0.3) is 0 Å². The minimum absolute atomic E-state index is 0.426. The van der Waals surface area contributed by atoms with Gasteiger partial charge >= 0.3 is 0 Å². The van der Waals surface area contributed by atoms with Crippen molar-refractivity contribution in [1.29, 1.82) is 0 Å². The van der Waals surface area contributed by atoms with Crippen molar-refractivity contribution in [3.63, 3.8) is 0 Å². The normalized spacial score (nSPS) is 11.9. The second-order valence-corrected chi connectivity index (χ2v) is 4.42. The van der Waals surface area contributed by atoms with Crippen molar-refractivity contribution in [2.24, 2.45) is 5.73 Å². The minimum atomic E-state index is -0.837. The fourth-order valence-electron chi connectivity index (χ4n) is 1.74. The van der Waals surface area contributed by atoms with Gasteiger partial charge in [-0.2, -0.15) is 0 Å². The third-order valence-corrected chi connectivity index (χ3v) is 2.97. The van der Waals surface area contributed by atoms with Crippen molar-refractivity contribution in [2.75, 3.05) is 5.32 Å². The van der Waals surface area contributed by atoms with E-state index in [0.29, 0.717) is 16.3 Å². The van der Waals surface area contributed by atoms with Crippen LogP contribution in [0.1, 0.15) is 11.6 Å². The Kier molecular flexibility index (Phi) is 4.02. The molecule has 0 aliphatic rings.